The second-order valence-electron chi connectivity index (χ2n) is 5.44. The highest BCUT2D eigenvalue weighted by Gasteiger charge is 2.27. The highest BCUT2D eigenvalue weighted by Crippen LogP contribution is 2.26. The number of nitrogen functional groups attached to an aromatic ring is 1. The second-order valence-corrected chi connectivity index (χ2v) is 5.44. The third kappa shape index (κ3) is 3.05. The Morgan fingerprint density at radius 2 is 2.05 bits per heavy atom. The topological polar surface area (TPSA) is 93.2 Å². The van der Waals surface area contributed by atoms with Crippen LogP contribution in [0.15, 0.2) is 36.5 Å². The van der Waals surface area contributed by atoms with E-state index in [2.05, 4.69) is 10.4 Å². The van der Waals surface area contributed by atoms with Crippen molar-refractivity contribution in [1.82, 2.24) is 15.1 Å². The normalized spacial score (nSPS) is 20.8. The summed E-state index contributed by atoms with van der Waals surface area (Å²) in [4.78, 5) is 12.0. The van der Waals surface area contributed by atoms with Gasteiger partial charge in [0.15, 0.2) is 5.69 Å². The maximum Gasteiger partial charge on any atom is 0.271 e. The van der Waals surface area contributed by atoms with Crippen molar-refractivity contribution >= 4 is 11.6 Å². The molecule has 4 N–H and O–H groups in total. The summed E-state index contributed by atoms with van der Waals surface area (Å²) in [5.74, 6) is 0.189. The molecule has 6 heteroatoms. The molecule has 0 spiro atoms. The lowest BCUT2D eigenvalue weighted by Crippen LogP contribution is -2.38. The minimum absolute atomic E-state index is 0.189. The molecule has 110 valence electrons. The van der Waals surface area contributed by atoms with Gasteiger partial charge in [-0.1, -0.05) is 0 Å². The van der Waals surface area contributed by atoms with Crippen LogP contribution in [0.5, 0.6) is 0 Å². The molecule has 0 unspecified atom stereocenters. The summed E-state index contributed by atoms with van der Waals surface area (Å²) in [6.07, 6.45) is 3.07. The molecule has 1 saturated carbocycles. The number of rotatable bonds is 4. The first kappa shape index (κ1) is 13.6. The van der Waals surface area contributed by atoms with E-state index in [-0.39, 0.29) is 12.0 Å². The lowest BCUT2D eigenvalue weighted by Gasteiger charge is -2.31. The average Bonchev–Trinajstić information content (AvgIpc) is 2.92. The van der Waals surface area contributed by atoms with Gasteiger partial charge < -0.3 is 16.2 Å². The van der Waals surface area contributed by atoms with Crippen molar-refractivity contribution in [2.75, 3.05) is 12.3 Å². The van der Waals surface area contributed by atoms with E-state index in [0.717, 1.165) is 18.5 Å². The first-order valence-electron chi connectivity index (χ1n) is 6.99. The van der Waals surface area contributed by atoms with Crippen LogP contribution in [0.3, 0.4) is 0 Å². The largest absolute Gasteiger partial charge is 0.399 e. The molecule has 6 nitrogen and oxygen atoms in total. The summed E-state index contributed by atoms with van der Waals surface area (Å²) >= 11 is 0. The standard InChI is InChI=1S/C15H18N4O2/c16-11-1-3-12(4-2-11)19-6-5-14(18-19)15(21)17-9-10-7-13(20)8-10/h1-6,10,13,20H,7-9,16H2,(H,17,21). The molecule has 1 aromatic heterocycles. The van der Waals surface area contributed by atoms with Gasteiger partial charge in [-0.05, 0) is 49.1 Å². The number of carbonyl (C=O) groups excluding carboxylic acids is 1. The fourth-order valence-electron chi connectivity index (χ4n) is 2.41. The van der Waals surface area contributed by atoms with Crippen molar-refractivity contribution in [3.05, 3.63) is 42.2 Å². The van der Waals surface area contributed by atoms with E-state index in [1.807, 2.05) is 12.1 Å². The molecule has 0 saturated heterocycles. The Morgan fingerprint density at radius 3 is 2.71 bits per heavy atom. The molecule has 1 fully saturated rings. The molecule has 1 aliphatic rings. The van der Waals surface area contributed by atoms with Gasteiger partial charge in [0, 0.05) is 18.4 Å². The number of nitrogens with zero attached hydrogens (tertiary/aromatic N) is 2. The van der Waals surface area contributed by atoms with E-state index >= 15 is 0 Å². The summed E-state index contributed by atoms with van der Waals surface area (Å²) in [5.41, 5.74) is 7.56. The third-order valence-corrected chi connectivity index (χ3v) is 3.74. The van der Waals surface area contributed by atoms with Crippen LogP contribution in [0.2, 0.25) is 0 Å². The first-order valence-corrected chi connectivity index (χ1v) is 6.99. The minimum Gasteiger partial charge on any atom is -0.399 e. The maximum atomic E-state index is 12.0. The quantitative estimate of drug-likeness (QED) is 0.730. The predicted molar refractivity (Wildman–Crippen MR) is 79.0 cm³/mol. The predicted octanol–water partition coefficient (Wildman–Crippen LogP) is 0.955. The van der Waals surface area contributed by atoms with Gasteiger partial charge in [0.2, 0.25) is 0 Å². The molecule has 0 atom stereocenters. The number of nitrogens with two attached hydrogens (primary N) is 1. The van der Waals surface area contributed by atoms with E-state index in [0.29, 0.717) is 23.8 Å². The van der Waals surface area contributed by atoms with Crippen LogP contribution in [-0.2, 0) is 0 Å². The third-order valence-electron chi connectivity index (χ3n) is 3.74. The number of anilines is 1. The van der Waals surface area contributed by atoms with Crippen LogP contribution in [0.25, 0.3) is 5.69 Å². The molecular formula is C15H18N4O2. The Kier molecular flexibility index (Phi) is 3.62. The van der Waals surface area contributed by atoms with Gasteiger partial charge >= 0.3 is 0 Å². The molecule has 0 radical (unpaired) electrons. The molecule has 21 heavy (non-hydrogen) atoms. The van der Waals surface area contributed by atoms with Crippen molar-refractivity contribution in [3.8, 4) is 5.69 Å². The Morgan fingerprint density at radius 1 is 1.33 bits per heavy atom. The van der Waals surface area contributed by atoms with E-state index in [1.54, 1.807) is 29.1 Å². The van der Waals surface area contributed by atoms with Gasteiger partial charge in [-0.2, -0.15) is 5.10 Å². The van der Waals surface area contributed by atoms with Crippen molar-refractivity contribution in [2.24, 2.45) is 5.92 Å². The van der Waals surface area contributed by atoms with Gasteiger partial charge in [0.25, 0.3) is 5.91 Å². The van der Waals surface area contributed by atoms with Gasteiger partial charge in [-0.25, -0.2) is 4.68 Å². The van der Waals surface area contributed by atoms with Crippen LogP contribution < -0.4 is 11.1 Å². The number of aliphatic hydroxyl groups is 1. The lowest BCUT2D eigenvalue weighted by atomic mass is 9.82. The summed E-state index contributed by atoms with van der Waals surface area (Å²) in [5, 5.41) is 16.3. The molecule has 2 aromatic rings. The van der Waals surface area contributed by atoms with Gasteiger partial charge in [-0.15, -0.1) is 0 Å². The van der Waals surface area contributed by atoms with Crippen molar-refractivity contribution < 1.29 is 9.90 Å². The number of amides is 1. The number of hydrogen-bond donors (Lipinski definition) is 3. The number of aliphatic hydroxyl groups excluding tert-OH is 1. The molecule has 1 heterocycles. The smallest absolute Gasteiger partial charge is 0.271 e. The Bertz CT molecular complexity index is 629. The fraction of sp³-hybridized carbons (Fsp3) is 0.333. The van der Waals surface area contributed by atoms with Gasteiger partial charge in [0.05, 0.1) is 11.8 Å². The highest BCUT2D eigenvalue weighted by molar-refractivity contribution is 5.92. The average molecular weight is 286 g/mol. The number of nitrogens with one attached hydrogen (secondary N) is 1. The molecular weight excluding hydrogens is 268 g/mol. The Hall–Kier alpha value is -2.34. The van der Waals surface area contributed by atoms with Crippen LogP contribution in [0.1, 0.15) is 23.3 Å². The molecule has 0 bridgehead atoms. The number of hydrogen-bond acceptors (Lipinski definition) is 4. The Balaban J connectivity index is 1.61. The van der Waals surface area contributed by atoms with E-state index in [9.17, 15) is 9.90 Å². The van der Waals surface area contributed by atoms with Crippen LogP contribution in [0, 0.1) is 5.92 Å². The lowest BCUT2D eigenvalue weighted by molar-refractivity contribution is 0.0419. The van der Waals surface area contributed by atoms with Crippen molar-refractivity contribution in [2.45, 2.75) is 18.9 Å². The van der Waals surface area contributed by atoms with Crippen molar-refractivity contribution in [1.29, 1.82) is 0 Å². The zero-order valence-electron chi connectivity index (χ0n) is 11.6. The zero-order valence-corrected chi connectivity index (χ0v) is 11.6. The van der Waals surface area contributed by atoms with Crippen LogP contribution >= 0.6 is 0 Å². The zero-order chi connectivity index (χ0) is 14.8. The molecule has 1 amide bonds. The second kappa shape index (κ2) is 5.57. The highest BCUT2D eigenvalue weighted by atomic mass is 16.3. The Labute approximate surface area is 122 Å². The SMILES string of the molecule is Nc1ccc(-n2ccc(C(=O)NCC3CC(O)C3)n2)cc1. The van der Waals surface area contributed by atoms with Crippen LogP contribution in [0.4, 0.5) is 5.69 Å². The van der Waals surface area contributed by atoms with E-state index in [4.69, 9.17) is 5.73 Å². The van der Waals surface area contributed by atoms with E-state index in [1.165, 1.54) is 0 Å². The number of benzene rings is 1. The summed E-state index contributed by atoms with van der Waals surface area (Å²) in [7, 11) is 0. The molecule has 3 rings (SSSR count). The van der Waals surface area contributed by atoms with Gasteiger partial charge in [0.1, 0.15) is 0 Å². The maximum absolute atomic E-state index is 12.0. The first-order chi connectivity index (χ1) is 10.1. The summed E-state index contributed by atoms with van der Waals surface area (Å²) < 4.78 is 1.64. The van der Waals surface area contributed by atoms with Gasteiger partial charge in [-0.3, -0.25) is 4.79 Å². The minimum atomic E-state index is -0.198. The van der Waals surface area contributed by atoms with Crippen LogP contribution in [-0.4, -0.2) is 33.4 Å². The molecule has 0 aliphatic heterocycles. The molecule has 1 aromatic carbocycles. The fourth-order valence-corrected chi connectivity index (χ4v) is 2.41. The number of carbonyl (C=O) groups is 1. The number of aromatic nitrogens is 2. The monoisotopic (exact) mass is 286 g/mol. The summed E-state index contributed by atoms with van der Waals surface area (Å²) in [6, 6.07) is 8.96. The van der Waals surface area contributed by atoms with Crippen molar-refractivity contribution in [3.63, 3.8) is 0 Å². The summed E-state index contributed by atoms with van der Waals surface area (Å²) in [6.45, 7) is 0.588. The van der Waals surface area contributed by atoms with E-state index < -0.39 is 0 Å². The molecule has 1 aliphatic carbocycles.